The first-order valence-electron chi connectivity index (χ1n) is 8.96. The van der Waals surface area contributed by atoms with Crippen LogP contribution in [0.4, 0.5) is 0 Å². The smallest absolute Gasteiger partial charge is 0.253 e. The lowest BCUT2D eigenvalue weighted by Crippen LogP contribution is -2.32. The highest BCUT2D eigenvalue weighted by Crippen LogP contribution is 2.24. The molecule has 1 aromatic heterocycles. The standard InChI is InChI=1S/C22H22N2O2/c25-15-17-10-11-18(12-17)23-22(26)20-14-24(13-16-6-2-1-3-7-16)21-9-5-4-8-19(20)21/h1-11,14,17-18,25H,12-13,15H2,(H,23,26)/t17-,18+/m0/s1. The summed E-state index contributed by atoms with van der Waals surface area (Å²) in [7, 11) is 0. The summed E-state index contributed by atoms with van der Waals surface area (Å²) in [6.07, 6.45) is 6.64. The van der Waals surface area contributed by atoms with Crippen molar-refractivity contribution in [3.8, 4) is 0 Å². The van der Waals surface area contributed by atoms with Crippen molar-refractivity contribution in [2.45, 2.75) is 19.0 Å². The van der Waals surface area contributed by atoms with E-state index in [9.17, 15) is 9.90 Å². The quantitative estimate of drug-likeness (QED) is 0.696. The number of aliphatic hydroxyl groups excluding tert-OH is 1. The first kappa shape index (κ1) is 16.6. The van der Waals surface area contributed by atoms with E-state index in [1.165, 1.54) is 5.56 Å². The predicted octanol–water partition coefficient (Wildman–Crippen LogP) is 3.36. The maximum absolute atomic E-state index is 12.9. The highest BCUT2D eigenvalue weighted by Gasteiger charge is 2.22. The van der Waals surface area contributed by atoms with E-state index in [2.05, 4.69) is 22.0 Å². The van der Waals surface area contributed by atoms with Gasteiger partial charge in [-0.15, -0.1) is 0 Å². The number of hydrogen-bond acceptors (Lipinski definition) is 2. The number of carbonyl (C=O) groups excluding carboxylic acids is 1. The van der Waals surface area contributed by atoms with Crippen molar-refractivity contribution in [2.75, 3.05) is 6.61 Å². The topological polar surface area (TPSA) is 54.3 Å². The van der Waals surface area contributed by atoms with Crippen LogP contribution in [0.15, 0.2) is 72.9 Å². The Morgan fingerprint density at radius 3 is 2.62 bits per heavy atom. The van der Waals surface area contributed by atoms with E-state index < -0.39 is 0 Å². The Bertz CT molecular complexity index is 943. The largest absolute Gasteiger partial charge is 0.396 e. The maximum atomic E-state index is 12.9. The number of nitrogens with one attached hydrogen (secondary N) is 1. The second kappa shape index (κ2) is 7.18. The van der Waals surface area contributed by atoms with Crippen molar-refractivity contribution < 1.29 is 9.90 Å². The molecule has 3 aromatic rings. The van der Waals surface area contributed by atoms with E-state index in [1.54, 1.807) is 0 Å². The third-order valence-electron chi connectivity index (χ3n) is 4.95. The van der Waals surface area contributed by atoms with Gasteiger partial charge in [0.05, 0.1) is 5.56 Å². The fraction of sp³-hybridized carbons (Fsp3) is 0.227. The fourth-order valence-corrected chi connectivity index (χ4v) is 3.60. The van der Waals surface area contributed by atoms with Gasteiger partial charge in [0, 0.05) is 42.2 Å². The molecule has 4 nitrogen and oxygen atoms in total. The zero-order valence-electron chi connectivity index (χ0n) is 14.5. The Labute approximate surface area is 152 Å². The van der Waals surface area contributed by atoms with Crippen LogP contribution in [0.3, 0.4) is 0 Å². The van der Waals surface area contributed by atoms with Crippen LogP contribution in [-0.4, -0.2) is 28.2 Å². The minimum Gasteiger partial charge on any atom is -0.396 e. The van der Waals surface area contributed by atoms with Gasteiger partial charge in [-0.3, -0.25) is 4.79 Å². The Morgan fingerprint density at radius 1 is 1.08 bits per heavy atom. The number of para-hydroxylation sites is 1. The average molecular weight is 346 g/mol. The molecule has 1 amide bonds. The number of carbonyl (C=O) groups is 1. The predicted molar refractivity (Wildman–Crippen MR) is 103 cm³/mol. The molecule has 0 saturated carbocycles. The second-order valence-electron chi connectivity index (χ2n) is 6.82. The van der Waals surface area contributed by atoms with Gasteiger partial charge in [-0.2, -0.15) is 0 Å². The van der Waals surface area contributed by atoms with Crippen molar-refractivity contribution in [3.63, 3.8) is 0 Å². The Hall–Kier alpha value is -2.85. The highest BCUT2D eigenvalue weighted by molar-refractivity contribution is 6.07. The van der Waals surface area contributed by atoms with Crippen LogP contribution in [-0.2, 0) is 6.54 Å². The summed E-state index contributed by atoms with van der Waals surface area (Å²) in [5.74, 6) is 0.0703. The van der Waals surface area contributed by atoms with Gasteiger partial charge in [0.15, 0.2) is 0 Å². The van der Waals surface area contributed by atoms with Crippen molar-refractivity contribution in [1.29, 1.82) is 0 Å². The number of rotatable bonds is 5. The molecule has 4 heteroatoms. The van der Waals surface area contributed by atoms with Crippen LogP contribution < -0.4 is 5.32 Å². The first-order chi connectivity index (χ1) is 12.7. The van der Waals surface area contributed by atoms with Crippen molar-refractivity contribution in [3.05, 3.63) is 84.1 Å². The van der Waals surface area contributed by atoms with Crippen LogP contribution in [0.2, 0.25) is 0 Å². The molecule has 0 fully saturated rings. The Morgan fingerprint density at radius 2 is 1.85 bits per heavy atom. The van der Waals surface area contributed by atoms with Gasteiger partial charge in [-0.25, -0.2) is 0 Å². The molecular formula is C22H22N2O2. The summed E-state index contributed by atoms with van der Waals surface area (Å²) in [5.41, 5.74) is 2.94. The number of amides is 1. The van der Waals surface area contributed by atoms with Crippen molar-refractivity contribution >= 4 is 16.8 Å². The lowest BCUT2D eigenvalue weighted by atomic mass is 10.1. The fourth-order valence-electron chi connectivity index (χ4n) is 3.60. The van der Waals surface area contributed by atoms with Crippen molar-refractivity contribution in [1.82, 2.24) is 9.88 Å². The summed E-state index contributed by atoms with van der Waals surface area (Å²) < 4.78 is 2.13. The number of aromatic nitrogens is 1. The molecule has 1 heterocycles. The number of hydrogen-bond donors (Lipinski definition) is 2. The summed E-state index contributed by atoms with van der Waals surface area (Å²) >= 11 is 0. The normalized spacial score (nSPS) is 19.1. The van der Waals surface area contributed by atoms with E-state index in [4.69, 9.17) is 0 Å². The molecule has 1 aliphatic rings. The molecule has 26 heavy (non-hydrogen) atoms. The molecule has 0 unspecified atom stereocenters. The lowest BCUT2D eigenvalue weighted by Gasteiger charge is -2.12. The van der Waals surface area contributed by atoms with Gasteiger partial charge in [0.25, 0.3) is 5.91 Å². The zero-order valence-corrected chi connectivity index (χ0v) is 14.5. The van der Waals surface area contributed by atoms with E-state index in [1.807, 2.05) is 60.8 Å². The van der Waals surface area contributed by atoms with Gasteiger partial charge in [-0.1, -0.05) is 60.7 Å². The molecule has 0 bridgehead atoms. The summed E-state index contributed by atoms with van der Waals surface area (Å²) in [5, 5.41) is 13.3. The highest BCUT2D eigenvalue weighted by atomic mass is 16.3. The molecule has 0 spiro atoms. The van der Waals surface area contributed by atoms with E-state index in [0.29, 0.717) is 5.56 Å². The number of nitrogens with zero attached hydrogens (tertiary/aromatic N) is 1. The van der Waals surface area contributed by atoms with Gasteiger partial charge in [0.2, 0.25) is 0 Å². The SMILES string of the molecule is O=C(N[C@@H]1C=C[C@H](CO)C1)c1cn(Cc2ccccc2)c2ccccc12. The van der Waals surface area contributed by atoms with Gasteiger partial charge in [-0.05, 0) is 18.1 Å². The molecule has 2 atom stereocenters. The van der Waals surface area contributed by atoms with Gasteiger partial charge >= 0.3 is 0 Å². The van der Waals surface area contributed by atoms with Crippen molar-refractivity contribution in [2.24, 2.45) is 5.92 Å². The lowest BCUT2D eigenvalue weighted by molar-refractivity contribution is 0.0942. The van der Waals surface area contributed by atoms with Gasteiger partial charge in [0.1, 0.15) is 0 Å². The molecule has 2 N–H and O–H groups in total. The summed E-state index contributed by atoms with van der Waals surface area (Å²) in [6.45, 7) is 0.851. The third kappa shape index (κ3) is 3.28. The third-order valence-corrected chi connectivity index (χ3v) is 4.95. The molecule has 132 valence electrons. The summed E-state index contributed by atoms with van der Waals surface area (Å²) in [4.78, 5) is 12.9. The first-order valence-corrected chi connectivity index (χ1v) is 8.96. The van der Waals surface area contributed by atoms with E-state index >= 15 is 0 Å². The number of aliphatic hydroxyl groups is 1. The molecule has 0 aliphatic heterocycles. The average Bonchev–Trinajstić information content (AvgIpc) is 3.27. The Balaban J connectivity index is 1.61. The van der Waals surface area contributed by atoms with Crippen LogP contribution in [0.25, 0.3) is 10.9 Å². The van der Waals surface area contributed by atoms with E-state index in [0.717, 1.165) is 23.9 Å². The molecule has 2 aromatic carbocycles. The minimum atomic E-state index is -0.0683. The van der Waals surface area contributed by atoms with Gasteiger partial charge < -0.3 is 15.0 Å². The zero-order chi connectivity index (χ0) is 17.9. The number of fused-ring (bicyclic) bond motifs is 1. The second-order valence-corrected chi connectivity index (χ2v) is 6.82. The van der Waals surface area contributed by atoms with E-state index in [-0.39, 0.29) is 24.5 Å². The van der Waals surface area contributed by atoms with Crippen LogP contribution in [0.1, 0.15) is 22.3 Å². The molecule has 0 radical (unpaired) electrons. The maximum Gasteiger partial charge on any atom is 0.253 e. The Kier molecular flexibility index (Phi) is 4.59. The van der Waals surface area contributed by atoms with Crippen LogP contribution >= 0.6 is 0 Å². The number of benzene rings is 2. The monoisotopic (exact) mass is 346 g/mol. The molecule has 4 rings (SSSR count). The summed E-state index contributed by atoms with van der Waals surface area (Å²) in [6, 6.07) is 18.2. The minimum absolute atomic E-state index is 0.0177. The molecular weight excluding hydrogens is 324 g/mol. The molecule has 1 aliphatic carbocycles. The van der Waals surface area contributed by atoms with Crippen LogP contribution in [0, 0.1) is 5.92 Å². The van der Waals surface area contributed by atoms with Crippen LogP contribution in [0.5, 0.6) is 0 Å². The molecule has 0 saturated heterocycles.